The second kappa shape index (κ2) is 5.32. The first-order chi connectivity index (χ1) is 8.15. The number of nitrogens with one attached hydrogen (secondary N) is 1. The minimum atomic E-state index is 0.146. The maximum absolute atomic E-state index is 7.42. The molecule has 0 bridgehead atoms. The largest absolute Gasteiger partial charge is 0.384 e. The van der Waals surface area contributed by atoms with Crippen LogP contribution in [0, 0.1) is 11.3 Å². The summed E-state index contributed by atoms with van der Waals surface area (Å²) in [4.78, 5) is 2.34. The number of nitrogens with zero attached hydrogens (tertiary/aromatic N) is 1. The van der Waals surface area contributed by atoms with Crippen LogP contribution in [-0.2, 0) is 6.54 Å². The molecule has 1 fully saturated rings. The zero-order valence-electron chi connectivity index (χ0n) is 10.4. The van der Waals surface area contributed by atoms with Gasteiger partial charge in [0.15, 0.2) is 0 Å². The number of hydrogen-bond donors (Lipinski definition) is 2. The Bertz CT molecular complexity index is 396. The fraction of sp³-hybridized carbons (Fsp3) is 0.500. The molecule has 0 saturated heterocycles. The van der Waals surface area contributed by atoms with Crippen molar-refractivity contribution >= 4 is 5.84 Å². The minimum Gasteiger partial charge on any atom is -0.384 e. The molecule has 0 heterocycles. The highest BCUT2D eigenvalue weighted by atomic mass is 15.1. The molecule has 1 aromatic rings. The van der Waals surface area contributed by atoms with E-state index in [2.05, 4.69) is 18.0 Å². The normalized spacial score (nSPS) is 15.2. The second-order valence-electron chi connectivity index (χ2n) is 5.08. The van der Waals surface area contributed by atoms with Gasteiger partial charge in [-0.05, 0) is 37.6 Å². The molecule has 0 aromatic heterocycles. The Labute approximate surface area is 103 Å². The van der Waals surface area contributed by atoms with E-state index in [1.807, 2.05) is 18.2 Å². The number of benzene rings is 1. The van der Waals surface area contributed by atoms with Crippen molar-refractivity contribution in [2.75, 3.05) is 13.6 Å². The Kier molecular flexibility index (Phi) is 3.79. The molecular weight excluding hydrogens is 210 g/mol. The average Bonchev–Trinajstić information content (AvgIpc) is 3.10. The first kappa shape index (κ1) is 12.1. The van der Waals surface area contributed by atoms with E-state index in [9.17, 15) is 0 Å². The standard InChI is InChI=1S/C14H21N3/c1-17(8-7-11-5-6-11)10-12-3-2-4-13(9-12)14(15)16/h2-4,9,11H,5-8,10H2,1H3,(H3,15,16). The minimum absolute atomic E-state index is 0.146. The van der Waals surface area contributed by atoms with Gasteiger partial charge in [-0.25, -0.2) is 0 Å². The molecule has 17 heavy (non-hydrogen) atoms. The Morgan fingerprint density at radius 3 is 2.88 bits per heavy atom. The monoisotopic (exact) mass is 231 g/mol. The summed E-state index contributed by atoms with van der Waals surface area (Å²) in [6.45, 7) is 2.10. The van der Waals surface area contributed by atoms with Crippen LogP contribution >= 0.6 is 0 Å². The molecule has 3 heteroatoms. The van der Waals surface area contributed by atoms with Crippen LogP contribution in [0.4, 0.5) is 0 Å². The fourth-order valence-electron chi connectivity index (χ4n) is 2.04. The predicted molar refractivity (Wildman–Crippen MR) is 71.1 cm³/mol. The van der Waals surface area contributed by atoms with Crippen molar-refractivity contribution in [1.82, 2.24) is 4.90 Å². The van der Waals surface area contributed by atoms with Gasteiger partial charge in [-0.2, -0.15) is 0 Å². The van der Waals surface area contributed by atoms with Crippen LogP contribution in [0.3, 0.4) is 0 Å². The zero-order chi connectivity index (χ0) is 12.3. The Morgan fingerprint density at radius 2 is 2.24 bits per heavy atom. The van der Waals surface area contributed by atoms with Crippen LogP contribution in [0.2, 0.25) is 0 Å². The Balaban J connectivity index is 1.87. The third-order valence-corrected chi connectivity index (χ3v) is 3.31. The van der Waals surface area contributed by atoms with Gasteiger partial charge in [0.2, 0.25) is 0 Å². The van der Waals surface area contributed by atoms with Crippen LogP contribution < -0.4 is 5.73 Å². The van der Waals surface area contributed by atoms with E-state index < -0.39 is 0 Å². The maximum atomic E-state index is 7.42. The number of rotatable bonds is 6. The van der Waals surface area contributed by atoms with E-state index in [0.717, 1.165) is 24.6 Å². The van der Waals surface area contributed by atoms with Crippen LogP contribution in [0.5, 0.6) is 0 Å². The average molecular weight is 231 g/mol. The molecule has 0 atom stereocenters. The van der Waals surface area contributed by atoms with E-state index in [0.29, 0.717) is 0 Å². The number of amidine groups is 1. The molecule has 0 unspecified atom stereocenters. The summed E-state index contributed by atoms with van der Waals surface area (Å²) in [6.07, 6.45) is 4.17. The van der Waals surface area contributed by atoms with E-state index >= 15 is 0 Å². The second-order valence-corrected chi connectivity index (χ2v) is 5.08. The lowest BCUT2D eigenvalue weighted by Crippen LogP contribution is -2.20. The summed E-state index contributed by atoms with van der Waals surface area (Å²) in [5.41, 5.74) is 7.54. The molecule has 0 radical (unpaired) electrons. The molecule has 1 aliphatic rings. The number of nitrogens with two attached hydrogens (primary N) is 1. The summed E-state index contributed by atoms with van der Waals surface area (Å²) in [5.74, 6) is 1.13. The number of hydrogen-bond acceptors (Lipinski definition) is 2. The van der Waals surface area contributed by atoms with Crippen molar-refractivity contribution in [1.29, 1.82) is 5.41 Å². The molecular formula is C14H21N3. The van der Waals surface area contributed by atoms with Crippen molar-refractivity contribution in [3.05, 3.63) is 35.4 Å². The van der Waals surface area contributed by atoms with Gasteiger partial charge in [0.1, 0.15) is 5.84 Å². The van der Waals surface area contributed by atoms with Crippen LogP contribution in [0.1, 0.15) is 30.4 Å². The molecule has 0 spiro atoms. The highest BCUT2D eigenvalue weighted by molar-refractivity contribution is 5.95. The summed E-state index contributed by atoms with van der Waals surface area (Å²) in [6, 6.07) is 7.97. The van der Waals surface area contributed by atoms with Gasteiger partial charge in [0, 0.05) is 12.1 Å². The van der Waals surface area contributed by atoms with Gasteiger partial charge in [-0.3, -0.25) is 5.41 Å². The first-order valence-corrected chi connectivity index (χ1v) is 6.27. The van der Waals surface area contributed by atoms with E-state index in [-0.39, 0.29) is 5.84 Å². The maximum Gasteiger partial charge on any atom is 0.122 e. The van der Waals surface area contributed by atoms with Crippen molar-refractivity contribution in [2.45, 2.75) is 25.8 Å². The molecule has 0 aliphatic heterocycles. The molecule has 2 rings (SSSR count). The topological polar surface area (TPSA) is 53.1 Å². The summed E-state index contributed by atoms with van der Waals surface area (Å²) < 4.78 is 0. The van der Waals surface area contributed by atoms with Crippen molar-refractivity contribution < 1.29 is 0 Å². The van der Waals surface area contributed by atoms with Gasteiger partial charge < -0.3 is 10.6 Å². The fourth-order valence-corrected chi connectivity index (χ4v) is 2.04. The predicted octanol–water partition coefficient (Wildman–Crippen LogP) is 2.20. The van der Waals surface area contributed by atoms with Crippen molar-refractivity contribution in [3.63, 3.8) is 0 Å². The van der Waals surface area contributed by atoms with Gasteiger partial charge in [0.05, 0.1) is 0 Å². The smallest absolute Gasteiger partial charge is 0.122 e. The highest BCUT2D eigenvalue weighted by Crippen LogP contribution is 2.32. The zero-order valence-corrected chi connectivity index (χ0v) is 10.4. The van der Waals surface area contributed by atoms with Gasteiger partial charge in [0.25, 0.3) is 0 Å². The van der Waals surface area contributed by atoms with E-state index in [1.165, 1.54) is 24.8 Å². The summed E-state index contributed by atoms with van der Waals surface area (Å²) in [7, 11) is 2.16. The molecule has 1 aliphatic carbocycles. The molecule has 1 aromatic carbocycles. The third kappa shape index (κ3) is 3.86. The highest BCUT2D eigenvalue weighted by Gasteiger charge is 2.20. The summed E-state index contributed by atoms with van der Waals surface area (Å²) in [5, 5.41) is 7.42. The van der Waals surface area contributed by atoms with Crippen molar-refractivity contribution in [2.24, 2.45) is 11.7 Å². The summed E-state index contributed by atoms with van der Waals surface area (Å²) >= 11 is 0. The molecule has 0 amide bonds. The van der Waals surface area contributed by atoms with Gasteiger partial charge in [-0.15, -0.1) is 0 Å². The van der Waals surface area contributed by atoms with Crippen LogP contribution in [0.15, 0.2) is 24.3 Å². The first-order valence-electron chi connectivity index (χ1n) is 6.27. The van der Waals surface area contributed by atoms with Crippen LogP contribution in [0.25, 0.3) is 0 Å². The van der Waals surface area contributed by atoms with E-state index in [1.54, 1.807) is 0 Å². The van der Waals surface area contributed by atoms with Crippen LogP contribution in [-0.4, -0.2) is 24.3 Å². The van der Waals surface area contributed by atoms with Crippen molar-refractivity contribution in [3.8, 4) is 0 Å². The Morgan fingerprint density at radius 1 is 1.47 bits per heavy atom. The molecule has 3 nitrogen and oxygen atoms in total. The molecule has 3 N–H and O–H groups in total. The third-order valence-electron chi connectivity index (χ3n) is 3.31. The lowest BCUT2D eigenvalue weighted by molar-refractivity contribution is 0.315. The lowest BCUT2D eigenvalue weighted by Gasteiger charge is -2.16. The van der Waals surface area contributed by atoms with E-state index in [4.69, 9.17) is 11.1 Å². The van der Waals surface area contributed by atoms with Gasteiger partial charge in [-0.1, -0.05) is 31.0 Å². The Hall–Kier alpha value is -1.35. The quantitative estimate of drug-likeness (QED) is 0.582. The molecule has 1 saturated carbocycles. The number of nitrogen functional groups attached to an aromatic ring is 1. The lowest BCUT2D eigenvalue weighted by atomic mass is 10.1. The molecule has 92 valence electrons. The van der Waals surface area contributed by atoms with Gasteiger partial charge >= 0.3 is 0 Å². The SMILES string of the molecule is CN(CCC1CC1)Cc1cccc(C(=N)N)c1.